The van der Waals surface area contributed by atoms with Gasteiger partial charge in [0.25, 0.3) is 5.91 Å². The molecule has 0 aliphatic carbocycles. The summed E-state index contributed by atoms with van der Waals surface area (Å²) in [6, 6.07) is 3.20. The summed E-state index contributed by atoms with van der Waals surface area (Å²) in [6.07, 6.45) is 0. The maximum atomic E-state index is 12.0. The van der Waals surface area contributed by atoms with Gasteiger partial charge >= 0.3 is 0 Å². The highest BCUT2D eigenvalue weighted by molar-refractivity contribution is 6.00. The molecular weight excluding hydrogens is 260 g/mol. The van der Waals surface area contributed by atoms with Gasteiger partial charge in [0.2, 0.25) is 6.79 Å². The summed E-state index contributed by atoms with van der Waals surface area (Å²) in [5, 5.41) is 2.76. The van der Waals surface area contributed by atoms with E-state index in [4.69, 9.17) is 19.9 Å². The van der Waals surface area contributed by atoms with E-state index in [1.165, 1.54) is 0 Å². The van der Waals surface area contributed by atoms with E-state index in [1.54, 1.807) is 12.1 Å². The van der Waals surface area contributed by atoms with Crippen LogP contribution in [0.4, 0.5) is 5.69 Å². The van der Waals surface area contributed by atoms with E-state index in [0.717, 1.165) is 0 Å². The third-order valence-electron chi connectivity index (χ3n) is 2.77. The molecular formula is C14H20N2O4. The number of nitrogens with one attached hydrogen (secondary N) is 1. The quantitative estimate of drug-likeness (QED) is 0.608. The molecule has 0 unspecified atom stereocenters. The lowest BCUT2D eigenvalue weighted by Gasteiger charge is -2.10. The Bertz CT molecular complexity index is 488. The van der Waals surface area contributed by atoms with Crippen LogP contribution in [0.15, 0.2) is 12.1 Å². The number of rotatable bonds is 6. The van der Waals surface area contributed by atoms with Crippen molar-refractivity contribution < 1.29 is 19.0 Å². The van der Waals surface area contributed by atoms with Crippen LogP contribution in [0.3, 0.4) is 0 Å². The minimum Gasteiger partial charge on any atom is -0.454 e. The van der Waals surface area contributed by atoms with Gasteiger partial charge in [-0.25, -0.2) is 0 Å². The van der Waals surface area contributed by atoms with Crippen LogP contribution in [0.5, 0.6) is 11.5 Å². The SMILES string of the molecule is CC(C)COCCNC(=O)c1cc2c(cc1N)OCO2. The van der Waals surface area contributed by atoms with Crippen molar-refractivity contribution in [2.75, 3.05) is 32.3 Å². The molecule has 1 aromatic carbocycles. The number of hydrogen-bond donors (Lipinski definition) is 2. The van der Waals surface area contributed by atoms with Crippen LogP contribution in [-0.2, 0) is 4.74 Å². The van der Waals surface area contributed by atoms with Crippen LogP contribution in [0, 0.1) is 5.92 Å². The van der Waals surface area contributed by atoms with Gasteiger partial charge in [0, 0.05) is 24.9 Å². The summed E-state index contributed by atoms with van der Waals surface area (Å²) in [4.78, 5) is 12.0. The minimum absolute atomic E-state index is 0.156. The van der Waals surface area contributed by atoms with Crippen LogP contribution in [0.25, 0.3) is 0 Å². The second-order valence-corrected chi connectivity index (χ2v) is 5.02. The summed E-state index contributed by atoms with van der Waals surface area (Å²) >= 11 is 0. The van der Waals surface area contributed by atoms with E-state index >= 15 is 0 Å². The van der Waals surface area contributed by atoms with E-state index in [0.29, 0.717) is 48.4 Å². The number of anilines is 1. The average molecular weight is 280 g/mol. The monoisotopic (exact) mass is 280 g/mol. The Kier molecular flexibility index (Phi) is 4.68. The predicted molar refractivity (Wildman–Crippen MR) is 75.0 cm³/mol. The lowest BCUT2D eigenvalue weighted by atomic mass is 10.1. The van der Waals surface area contributed by atoms with Crippen LogP contribution < -0.4 is 20.5 Å². The lowest BCUT2D eigenvalue weighted by molar-refractivity contribution is 0.0886. The van der Waals surface area contributed by atoms with E-state index in [9.17, 15) is 4.79 Å². The van der Waals surface area contributed by atoms with Gasteiger partial charge in [-0.1, -0.05) is 13.8 Å². The minimum atomic E-state index is -0.242. The number of ether oxygens (including phenoxy) is 3. The Hall–Kier alpha value is -1.95. The van der Waals surface area contributed by atoms with Gasteiger partial charge in [-0.15, -0.1) is 0 Å². The van der Waals surface area contributed by atoms with Gasteiger partial charge in [0.15, 0.2) is 11.5 Å². The van der Waals surface area contributed by atoms with Gasteiger partial charge < -0.3 is 25.3 Å². The Balaban J connectivity index is 1.86. The van der Waals surface area contributed by atoms with Gasteiger partial charge in [0.05, 0.1) is 12.2 Å². The largest absolute Gasteiger partial charge is 0.454 e. The molecule has 0 bridgehead atoms. The molecule has 1 amide bonds. The Morgan fingerprint density at radius 2 is 2.10 bits per heavy atom. The topological polar surface area (TPSA) is 82.8 Å². The molecule has 6 heteroatoms. The summed E-state index contributed by atoms with van der Waals surface area (Å²) in [7, 11) is 0. The molecule has 1 aliphatic rings. The molecule has 1 aromatic rings. The number of carbonyl (C=O) groups is 1. The van der Waals surface area contributed by atoms with Crippen molar-refractivity contribution >= 4 is 11.6 Å². The Morgan fingerprint density at radius 3 is 2.80 bits per heavy atom. The highest BCUT2D eigenvalue weighted by Crippen LogP contribution is 2.35. The molecule has 1 heterocycles. The fraction of sp³-hybridized carbons (Fsp3) is 0.500. The van der Waals surface area contributed by atoms with Gasteiger partial charge in [-0.3, -0.25) is 4.79 Å². The van der Waals surface area contributed by atoms with E-state index in [-0.39, 0.29) is 12.7 Å². The van der Waals surface area contributed by atoms with Crippen molar-refractivity contribution in [2.45, 2.75) is 13.8 Å². The van der Waals surface area contributed by atoms with Gasteiger partial charge in [-0.2, -0.15) is 0 Å². The van der Waals surface area contributed by atoms with Gasteiger partial charge in [-0.05, 0) is 12.0 Å². The third kappa shape index (κ3) is 3.54. The highest BCUT2D eigenvalue weighted by atomic mass is 16.7. The van der Waals surface area contributed by atoms with Crippen molar-refractivity contribution in [2.24, 2.45) is 5.92 Å². The average Bonchev–Trinajstić information content (AvgIpc) is 2.83. The van der Waals surface area contributed by atoms with E-state index in [2.05, 4.69) is 19.2 Å². The highest BCUT2D eigenvalue weighted by Gasteiger charge is 2.19. The normalized spacial score (nSPS) is 12.8. The lowest BCUT2D eigenvalue weighted by Crippen LogP contribution is -2.28. The zero-order chi connectivity index (χ0) is 14.5. The molecule has 0 saturated heterocycles. The zero-order valence-corrected chi connectivity index (χ0v) is 11.8. The number of nitrogen functional groups attached to an aromatic ring is 1. The van der Waals surface area contributed by atoms with Crippen molar-refractivity contribution in [1.29, 1.82) is 0 Å². The predicted octanol–water partition coefficient (Wildman–Crippen LogP) is 1.40. The number of hydrogen-bond acceptors (Lipinski definition) is 5. The molecule has 2 rings (SSSR count). The second-order valence-electron chi connectivity index (χ2n) is 5.02. The molecule has 0 aromatic heterocycles. The molecule has 110 valence electrons. The zero-order valence-electron chi connectivity index (χ0n) is 11.8. The number of amides is 1. The molecule has 0 spiro atoms. The molecule has 1 aliphatic heterocycles. The van der Waals surface area contributed by atoms with Crippen molar-refractivity contribution in [3.63, 3.8) is 0 Å². The molecule has 20 heavy (non-hydrogen) atoms. The van der Waals surface area contributed by atoms with Gasteiger partial charge in [0.1, 0.15) is 0 Å². The van der Waals surface area contributed by atoms with Crippen molar-refractivity contribution in [1.82, 2.24) is 5.32 Å². The molecule has 0 atom stereocenters. The van der Waals surface area contributed by atoms with Crippen LogP contribution in [0.1, 0.15) is 24.2 Å². The first-order chi connectivity index (χ1) is 9.58. The second kappa shape index (κ2) is 6.47. The number of fused-ring (bicyclic) bond motifs is 1. The maximum absolute atomic E-state index is 12.0. The number of benzene rings is 1. The smallest absolute Gasteiger partial charge is 0.253 e. The van der Waals surface area contributed by atoms with E-state index in [1.807, 2.05) is 0 Å². The molecule has 0 radical (unpaired) electrons. The summed E-state index contributed by atoms with van der Waals surface area (Å²) in [5.41, 5.74) is 6.59. The standard InChI is InChI=1S/C14H20N2O4/c1-9(2)7-18-4-3-16-14(17)10-5-12-13(6-11(10)15)20-8-19-12/h5-6,9H,3-4,7-8,15H2,1-2H3,(H,16,17). The summed E-state index contributed by atoms with van der Waals surface area (Å²) in [5.74, 6) is 1.35. The summed E-state index contributed by atoms with van der Waals surface area (Å²) < 4.78 is 15.8. The summed E-state index contributed by atoms with van der Waals surface area (Å²) in [6.45, 7) is 5.91. The third-order valence-corrected chi connectivity index (χ3v) is 2.77. The first-order valence-electron chi connectivity index (χ1n) is 6.63. The molecule has 0 fully saturated rings. The molecule has 0 saturated carbocycles. The van der Waals surface area contributed by atoms with Crippen molar-refractivity contribution in [3.05, 3.63) is 17.7 Å². The van der Waals surface area contributed by atoms with Crippen LogP contribution in [0.2, 0.25) is 0 Å². The van der Waals surface area contributed by atoms with E-state index < -0.39 is 0 Å². The number of nitrogens with two attached hydrogens (primary N) is 1. The van der Waals surface area contributed by atoms with Crippen LogP contribution in [-0.4, -0.2) is 32.5 Å². The fourth-order valence-corrected chi connectivity index (χ4v) is 1.81. The van der Waals surface area contributed by atoms with Crippen molar-refractivity contribution in [3.8, 4) is 11.5 Å². The Labute approximate surface area is 118 Å². The number of carbonyl (C=O) groups excluding carboxylic acids is 1. The first-order valence-corrected chi connectivity index (χ1v) is 6.63. The first kappa shape index (κ1) is 14.5. The maximum Gasteiger partial charge on any atom is 0.253 e. The van der Waals surface area contributed by atoms with Crippen LogP contribution >= 0.6 is 0 Å². The molecule has 3 N–H and O–H groups in total. The fourth-order valence-electron chi connectivity index (χ4n) is 1.81. The molecule has 6 nitrogen and oxygen atoms in total. The Morgan fingerprint density at radius 1 is 1.40 bits per heavy atom.